The Bertz CT molecular complexity index is 756. The molecule has 0 bridgehead atoms. The normalized spacial score (nSPS) is 15.4. The van der Waals surface area contributed by atoms with Gasteiger partial charge in [-0.15, -0.1) is 0 Å². The minimum Gasteiger partial charge on any atom is -0.340 e. The summed E-state index contributed by atoms with van der Waals surface area (Å²) < 4.78 is 14.2. The molecular formula is C21H30FN5. The number of nitrogens with two attached hydrogens (primary N) is 1. The summed E-state index contributed by atoms with van der Waals surface area (Å²) in [4.78, 5) is 8.95. The van der Waals surface area contributed by atoms with E-state index in [1.165, 1.54) is 31.7 Å². The number of rotatable bonds is 6. The van der Waals surface area contributed by atoms with E-state index in [1.807, 2.05) is 32.0 Å². The highest BCUT2D eigenvalue weighted by molar-refractivity contribution is 5.60. The van der Waals surface area contributed by atoms with E-state index in [0.717, 1.165) is 31.2 Å². The van der Waals surface area contributed by atoms with Gasteiger partial charge in [0.05, 0.1) is 0 Å². The van der Waals surface area contributed by atoms with E-state index in [2.05, 4.69) is 15.3 Å². The summed E-state index contributed by atoms with van der Waals surface area (Å²) in [6, 6.07) is 7.39. The van der Waals surface area contributed by atoms with Crippen molar-refractivity contribution in [2.45, 2.75) is 71.3 Å². The lowest BCUT2D eigenvalue weighted by Crippen LogP contribution is -2.41. The van der Waals surface area contributed by atoms with Crippen molar-refractivity contribution in [2.75, 3.05) is 10.3 Å². The maximum absolute atomic E-state index is 14.2. The van der Waals surface area contributed by atoms with Crippen molar-refractivity contribution in [3.05, 3.63) is 41.5 Å². The summed E-state index contributed by atoms with van der Waals surface area (Å²) in [5.74, 6) is 8.19. The van der Waals surface area contributed by atoms with Crippen LogP contribution < -0.4 is 16.2 Å². The fourth-order valence-electron chi connectivity index (χ4n) is 3.72. The summed E-state index contributed by atoms with van der Waals surface area (Å²) in [6.45, 7) is 3.89. The minimum absolute atomic E-state index is 0.188. The van der Waals surface area contributed by atoms with Gasteiger partial charge in [-0.05, 0) is 43.9 Å². The number of benzene rings is 1. The Kier molecular flexibility index (Phi) is 6.61. The first-order valence-electron chi connectivity index (χ1n) is 10.0. The van der Waals surface area contributed by atoms with E-state index in [1.54, 1.807) is 5.01 Å². The molecule has 1 aliphatic rings. The fourth-order valence-corrected chi connectivity index (χ4v) is 3.72. The zero-order valence-corrected chi connectivity index (χ0v) is 16.3. The molecule has 0 saturated heterocycles. The van der Waals surface area contributed by atoms with Gasteiger partial charge < -0.3 is 5.32 Å². The first-order chi connectivity index (χ1) is 13.1. The van der Waals surface area contributed by atoms with Crippen molar-refractivity contribution in [3.63, 3.8) is 0 Å². The largest absolute Gasteiger partial charge is 0.340 e. The molecule has 0 aliphatic heterocycles. The van der Waals surface area contributed by atoms with Crippen LogP contribution in [0.3, 0.4) is 0 Å². The van der Waals surface area contributed by atoms with E-state index in [-0.39, 0.29) is 5.82 Å². The lowest BCUT2D eigenvalue weighted by atomic mass is 10.1. The number of aryl methyl sites for hydroxylation is 2. The van der Waals surface area contributed by atoms with Crippen LogP contribution in [0.25, 0.3) is 0 Å². The van der Waals surface area contributed by atoms with Gasteiger partial charge in [0.15, 0.2) is 0 Å². The summed E-state index contributed by atoms with van der Waals surface area (Å²) in [6.07, 6.45) is 8.81. The Balaban J connectivity index is 1.77. The molecule has 1 saturated carbocycles. The van der Waals surface area contributed by atoms with Crippen LogP contribution >= 0.6 is 0 Å². The van der Waals surface area contributed by atoms with Crippen LogP contribution in [0, 0.1) is 12.7 Å². The highest BCUT2D eigenvalue weighted by Crippen LogP contribution is 2.26. The third kappa shape index (κ3) is 5.16. The first kappa shape index (κ1) is 19.5. The van der Waals surface area contributed by atoms with Gasteiger partial charge in [-0.1, -0.05) is 45.1 Å². The molecule has 0 radical (unpaired) electrons. The average Bonchev–Trinajstić information content (AvgIpc) is 2.92. The van der Waals surface area contributed by atoms with Crippen molar-refractivity contribution in [1.82, 2.24) is 9.97 Å². The molecule has 3 N–H and O–H groups in total. The second-order valence-corrected chi connectivity index (χ2v) is 7.39. The van der Waals surface area contributed by atoms with E-state index >= 15 is 0 Å². The van der Waals surface area contributed by atoms with Crippen molar-refractivity contribution < 1.29 is 4.39 Å². The molecule has 27 heavy (non-hydrogen) atoms. The van der Waals surface area contributed by atoms with Gasteiger partial charge in [0.1, 0.15) is 23.3 Å². The van der Waals surface area contributed by atoms with Crippen LogP contribution in [0.1, 0.15) is 63.3 Å². The Hall–Kier alpha value is -2.21. The molecule has 2 aromatic rings. The Morgan fingerprint density at radius 3 is 2.56 bits per heavy atom. The van der Waals surface area contributed by atoms with Gasteiger partial charge in [-0.2, -0.15) is 0 Å². The second-order valence-electron chi connectivity index (χ2n) is 7.39. The Labute approximate surface area is 161 Å². The molecule has 6 heteroatoms. The number of hydrazine groups is 1. The third-order valence-electron chi connectivity index (χ3n) is 5.15. The van der Waals surface area contributed by atoms with Gasteiger partial charge in [0.25, 0.3) is 0 Å². The number of nitrogens with zero attached hydrogens (tertiary/aromatic N) is 3. The maximum Gasteiger partial charge on any atom is 0.148 e. The highest BCUT2D eigenvalue weighted by Gasteiger charge is 2.20. The van der Waals surface area contributed by atoms with Crippen molar-refractivity contribution in [3.8, 4) is 0 Å². The molecule has 3 rings (SSSR count). The monoisotopic (exact) mass is 371 g/mol. The van der Waals surface area contributed by atoms with Gasteiger partial charge in [0.2, 0.25) is 0 Å². The zero-order valence-electron chi connectivity index (χ0n) is 16.3. The van der Waals surface area contributed by atoms with Gasteiger partial charge in [-0.3, -0.25) is 5.01 Å². The molecule has 1 heterocycles. The van der Waals surface area contributed by atoms with Crippen LogP contribution in [-0.2, 0) is 6.42 Å². The molecule has 0 spiro atoms. The van der Waals surface area contributed by atoms with Crippen molar-refractivity contribution in [1.29, 1.82) is 0 Å². The predicted octanol–water partition coefficient (Wildman–Crippen LogP) is 5.02. The number of anilines is 3. The molecule has 1 aliphatic carbocycles. The molecule has 1 fully saturated rings. The SMILES string of the molecule is CCCc1ccc(Nc2cc(N(N)C3CCCCCC3)nc(C)n2)cc1F. The minimum atomic E-state index is -0.188. The van der Waals surface area contributed by atoms with E-state index in [9.17, 15) is 4.39 Å². The topological polar surface area (TPSA) is 67.1 Å². The standard InChI is InChI=1S/C21H30FN5/c1-3-8-16-11-12-17(13-19(16)22)26-20-14-21(25-15(2)24-20)27(23)18-9-6-4-5-7-10-18/h11-14,18H,3-10,23H2,1-2H3,(H,24,25,26). The summed E-state index contributed by atoms with van der Waals surface area (Å²) in [7, 11) is 0. The molecule has 0 amide bonds. The second kappa shape index (κ2) is 9.13. The van der Waals surface area contributed by atoms with E-state index in [4.69, 9.17) is 5.84 Å². The third-order valence-corrected chi connectivity index (χ3v) is 5.15. The quantitative estimate of drug-likeness (QED) is 0.424. The number of aromatic nitrogens is 2. The lowest BCUT2D eigenvalue weighted by Gasteiger charge is -2.27. The molecule has 5 nitrogen and oxygen atoms in total. The molecular weight excluding hydrogens is 341 g/mol. The van der Waals surface area contributed by atoms with Gasteiger partial charge >= 0.3 is 0 Å². The average molecular weight is 372 g/mol. The molecule has 0 atom stereocenters. The maximum atomic E-state index is 14.2. The molecule has 1 aromatic carbocycles. The van der Waals surface area contributed by atoms with Crippen LogP contribution in [0.4, 0.5) is 21.7 Å². The first-order valence-corrected chi connectivity index (χ1v) is 10.0. The van der Waals surface area contributed by atoms with Crippen molar-refractivity contribution >= 4 is 17.3 Å². The highest BCUT2D eigenvalue weighted by atomic mass is 19.1. The summed E-state index contributed by atoms with van der Waals surface area (Å²) in [5, 5.41) is 4.98. The number of hydrogen-bond donors (Lipinski definition) is 2. The molecule has 0 unspecified atom stereocenters. The summed E-state index contributed by atoms with van der Waals surface area (Å²) in [5.41, 5.74) is 1.42. The number of hydrogen-bond acceptors (Lipinski definition) is 5. The lowest BCUT2D eigenvalue weighted by molar-refractivity contribution is 0.529. The van der Waals surface area contributed by atoms with Crippen LogP contribution in [0.15, 0.2) is 24.3 Å². The molecule has 146 valence electrons. The van der Waals surface area contributed by atoms with E-state index in [0.29, 0.717) is 29.2 Å². The van der Waals surface area contributed by atoms with Crippen LogP contribution in [-0.4, -0.2) is 16.0 Å². The molecule has 1 aromatic heterocycles. The Morgan fingerprint density at radius 2 is 1.89 bits per heavy atom. The van der Waals surface area contributed by atoms with Crippen LogP contribution in [0.2, 0.25) is 0 Å². The smallest absolute Gasteiger partial charge is 0.148 e. The summed E-state index contributed by atoms with van der Waals surface area (Å²) >= 11 is 0. The number of nitrogens with one attached hydrogen (secondary N) is 1. The zero-order chi connectivity index (χ0) is 19.2. The number of halogens is 1. The predicted molar refractivity (Wildman–Crippen MR) is 109 cm³/mol. The van der Waals surface area contributed by atoms with Crippen molar-refractivity contribution in [2.24, 2.45) is 5.84 Å². The van der Waals surface area contributed by atoms with Gasteiger partial charge in [0, 0.05) is 17.8 Å². The fraction of sp³-hybridized carbons (Fsp3) is 0.524. The van der Waals surface area contributed by atoms with Gasteiger partial charge in [-0.25, -0.2) is 20.2 Å². The van der Waals surface area contributed by atoms with E-state index < -0.39 is 0 Å². The Morgan fingerprint density at radius 1 is 1.15 bits per heavy atom. The van der Waals surface area contributed by atoms with Crippen LogP contribution in [0.5, 0.6) is 0 Å².